The van der Waals surface area contributed by atoms with Crippen LogP contribution in [-0.2, 0) is 14.3 Å². The molecule has 0 aliphatic heterocycles. The average molecular weight is 318 g/mol. The number of rotatable bonds is 11. The Balaban J connectivity index is 2.44. The smallest absolute Gasteiger partial charge is 0.306 e. The van der Waals surface area contributed by atoms with Crippen LogP contribution in [-0.4, -0.2) is 17.9 Å². The molecule has 0 aromatic heterocycles. The van der Waals surface area contributed by atoms with Crippen molar-refractivity contribution < 1.29 is 14.3 Å². The lowest BCUT2D eigenvalue weighted by Crippen LogP contribution is -2.18. The Morgan fingerprint density at radius 2 is 2.17 bits per heavy atom. The first-order chi connectivity index (χ1) is 11.2. The van der Waals surface area contributed by atoms with Crippen LogP contribution < -0.4 is 0 Å². The van der Waals surface area contributed by atoms with E-state index in [0.29, 0.717) is 19.3 Å². The Morgan fingerprint density at radius 3 is 2.83 bits per heavy atom. The summed E-state index contributed by atoms with van der Waals surface area (Å²) in [6.45, 7) is 4.14. The van der Waals surface area contributed by atoms with Gasteiger partial charge in [-0.25, -0.2) is 0 Å². The lowest BCUT2D eigenvalue weighted by molar-refractivity contribution is -0.149. The molecule has 1 rings (SSSR count). The Hall–Kier alpha value is -1.64. The second-order valence-corrected chi connectivity index (χ2v) is 6.00. The lowest BCUT2D eigenvalue weighted by Gasteiger charge is -2.16. The van der Waals surface area contributed by atoms with E-state index in [2.05, 4.69) is 13.0 Å². The summed E-state index contributed by atoms with van der Waals surface area (Å²) in [7, 11) is 0. The number of carbonyl (C=O) groups excluding carboxylic acids is 2. The summed E-state index contributed by atoms with van der Waals surface area (Å²) in [5, 5.41) is 0. The second kappa shape index (κ2) is 11.9. The van der Waals surface area contributed by atoms with Crippen molar-refractivity contribution in [3.05, 3.63) is 36.0 Å². The Kier molecular flexibility index (Phi) is 10.0. The van der Waals surface area contributed by atoms with E-state index in [0.717, 1.165) is 44.1 Å². The molecule has 0 aromatic carbocycles. The molecule has 3 heteroatoms. The maximum Gasteiger partial charge on any atom is 0.306 e. The highest BCUT2D eigenvalue weighted by molar-refractivity contribution is 6.06. The maximum atomic E-state index is 12.0. The molecule has 0 amide bonds. The van der Waals surface area contributed by atoms with Gasteiger partial charge in [0.15, 0.2) is 5.78 Å². The average Bonchev–Trinajstić information content (AvgIpc) is 2.94. The molecule has 0 saturated carbocycles. The third-order valence-corrected chi connectivity index (χ3v) is 3.97. The first-order valence-electron chi connectivity index (χ1n) is 8.87. The standard InChI is InChI=1S/C20H30O3/c1-3-5-7-9-14-20(22)23-18(12-8-6-4-2)16-15-17-11-10-13-19(17)21/h3,5,10,13,15,18H,4,6-9,11-12,14,16H2,1-2H3/b5-3-,17-15-. The molecular weight excluding hydrogens is 288 g/mol. The molecule has 0 spiro atoms. The monoisotopic (exact) mass is 318 g/mol. The molecule has 0 heterocycles. The Morgan fingerprint density at radius 1 is 1.35 bits per heavy atom. The zero-order valence-corrected chi connectivity index (χ0v) is 14.6. The Labute approximate surface area is 140 Å². The SMILES string of the molecule is C/C=C\CCCC(=O)OC(C/C=C1/CC=CC1=O)CCCCC. The minimum absolute atomic E-state index is 0.0926. The highest BCUT2D eigenvalue weighted by atomic mass is 16.5. The normalized spacial score (nSPS) is 17.3. The summed E-state index contributed by atoms with van der Waals surface area (Å²) in [6.07, 6.45) is 17.2. The third kappa shape index (κ3) is 8.53. The van der Waals surface area contributed by atoms with Gasteiger partial charge in [-0.2, -0.15) is 0 Å². The number of esters is 1. The topological polar surface area (TPSA) is 43.4 Å². The predicted octanol–water partition coefficient (Wildman–Crippen LogP) is 5.07. The van der Waals surface area contributed by atoms with Crippen molar-refractivity contribution in [1.29, 1.82) is 0 Å². The van der Waals surface area contributed by atoms with Crippen molar-refractivity contribution in [2.45, 2.75) is 77.7 Å². The molecule has 1 atom stereocenters. The number of ketones is 1. The van der Waals surface area contributed by atoms with Gasteiger partial charge >= 0.3 is 5.97 Å². The van der Waals surface area contributed by atoms with Crippen molar-refractivity contribution in [2.75, 3.05) is 0 Å². The van der Waals surface area contributed by atoms with Gasteiger partial charge in [0.05, 0.1) is 0 Å². The number of carbonyl (C=O) groups is 2. The zero-order valence-electron chi connectivity index (χ0n) is 14.6. The highest BCUT2D eigenvalue weighted by Crippen LogP contribution is 2.18. The zero-order chi connectivity index (χ0) is 16.9. The number of hydrogen-bond acceptors (Lipinski definition) is 3. The molecule has 0 aromatic rings. The van der Waals surface area contributed by atoms with E-state index in [-0.39, 0.29) is 17.9 Å². The van der Waals surface area contributed by atoms with E-state index in [1.807, 2.05) is 25.2 Å². The molecule has 0 radical (unpaired) electrons. The van der Waals surface area contributed by atoms with Crippen molar-refractivity contribution in [1.82, 2.24) is 0 Å². The summed E-state index contributed by atoms with van der Waals surface area (Å²) in [5.41, 5.74) is 0.828. The third-order valence-electron chi connectivity index (χ3n) is 3.97. The van der Waals surface area contributed by atoms with E-state index in [9.17, 15) is 9.59 Å². The summed E-state index contributed by atoms with van der Waals surface area (Å²) in [6, 6.07) is 0. The van der Waals surface area contributed by atoms with E-state index in [1.165, 1.54) is 0 Å². The van der Waals surface area contributed by atoms with E-state index in [4.69, 9.17) is 4.74 Å². The first kappa shape index (κ1) is 19.4. The van der Waals surface area contributed by atoms with Crippen molar-refractivity contribution in [3.8, 4) is 0 Å². The van der Waals surface area contributed by atoms with Gasteiger partial charge in [0.1, 0.15) is 6.10 Å². The van der Waals surface area contributed by atoms with Crippen LogP contribution in [0.2, 0.25) is 0 Å². The van der Waals surface area contributed by atoms with Gasteiger partial charge < -0.3 is 4.74 Å². The van der Waals surface area contributed by atoms with Crippen LogP contribution in [0.25, 0.3) is 0 Å². The molecular formula is C20H30O3. The molecule has 0 N–H and O–H groups in total. The van der Waals surface area contributed by atoms with Crippen LogP contribution in [0.1, 0.15) is 71.6 Å². The van der Waals surface area contributed by atoms with Crippen molar-refractivity contribution in [2.24, 2.45) is 0 Å². The van der Waals surface area contributed by atoms with Gasteiger partial charge in [0, 0.05) is 12.8 Å². The fourth-order valence-corrected chi connectivity index (χ4v) is 2.58. The van der Waals surface area contributed by atoms with Crippen molar-refractivity contribution in [3.63, 3.8) is 0 Å². The quantitative estimate of drug-likeness (QED) is 0.231. The fourth-order valence-electron chi connectivity index (χ4n) is 2.58. The van der Waals surface area contributed by atoms with Gasteiger partial charge in [-0.15, -0.1) is 0 Å². The van der Waals surface area contributed by atoms with E-state index in [1.54, 1.807) is 6.08 Å². The molecule has 0 fully saturated rings. The van der Waals surface area contributed by atoms with Gasteiger partial charge in [-0.3, -0.25) is 9.59 Å². The van der Waals surface area contributed by atoms with Crippen molar-refractivity contribution >= 4 is 11.8 Å². The maximum absolute atomic E-state index is 12.0. The van der Waals surface area contributed by atoms with Crippen LogP contribution >= 0.6 is 0 Å². The number of ether oxygens (including phenoxy) is 1. The van der Waals surface area contributed by atoms with Crippen LogP contribution in [0.4, 0.5) is 0 Å². The summed E-state index contributed by atoms with van der Waals surface area (Å²) < 4.78 is 5.63. The van der Waals surface area contributed by atoms with Gasteiger partial charge in [0.2, 0.25) is 0 Å². The first-order valence-corrected chi connectivity index (χ1v) is 8.87. The Bertz CT molecular complexity index is 458. The molecule has 1 unspecified atom stereocenters. The molecule has 128 valence electrons. The number of unbranched alkanes of at least 4 members (excludes halogenated alkanes) is 3. The van der Waals surface area contributed by atoms with Crippen LogP contribution in [0.5, 0.6) is 0 Å². The minimum Gasteiger partial charge on any atom is -0.462 e. The van der Waals surface area contributed by atoms with Gasteiger partial charge in [-0.05, 0) is 50.7 Å². The van der Waals surface area contributed by atoms with Gasteiger partial charge in [0.25, 0.3) is 0 Å². The molecule has 0 bridgehead atoms. The fraction of sp³-hybridized carbons (Fsp3) is 0.600. The lowest BCUT2D eigenvalue weighted by atomic mass is 10.0. The van der Waals surface area contributed by atoms with Crippen LogP contribution in [0.15, 0.2) is 36.0 Å². The predicted molar refractivity (Wildman–Crippen MR) is 94.2 cm³/mol. The molecule has 0 saturated heterocycles. The van der Waals surface area contributed by atoms with Crippen LogP contribution in [0, 0.1) is 0 Å². The molecule has 23 heavy (non-hydrogen) atoms. The second-order valence-electron chi connectivity index (χ2n) is 6.00. The number of allylic oxidation sites excluding steroid dienone is 5. The van der Waals surface area contributed by atoms with E-state index >= 15 is 0 Å². The minimum atomic E-state index is -0.120. The van der Waals surface area contributed by atoms with Gasteiger partial charge in [-0.1, -0.05) is 44.1 Å². The summed E-state index contributed by atoms with van der Waals surface area (Å²) >= 11 is 0. The number of hydrogen-bond donors (Lipinski definition) is 0. The molecule has 1 aliphatic carbocycles. The largest absolute Gasteiger partial charge is 0.462 e. The van der Waals surface area contributed by atoms with E-state index < -0.39 is 0 Å². The summed E-state index contributed by atoms with van der Waals surface area (Å²) in [4.78, 5) is 23.6. The molecule has 1 aliphatic rings. The highest BCUT2D eigenvalue weighted by Gasteiger charge is 2.15. The van der Waals surface area contributed by atoms with Crippen LogP contribution in [0.3, 0.4) is 0 Å². The molecule has 3 nitrogen and oxygen atoms in total. The summed E-state index contributed by atoms with van der Waals surface area (Å²) in [5.74, 6) is -0.0275.